The molecule has 92 valence electrons. The highest BCUT2D eigenvalue weighted by Crippen LogP contribution is 2.34. The summed E-state index contributed by atoms with van der Waals surface area (Å²) in [5.74, 6) is -0.418. The van der Waals surface area contributed by atoms with Gasteiger partial charge in [0.2, 0.25) is 5.91 Å². The fourth-order valence-electron chi connectivity index (χ4n) is 1.69. The highest BCUT2D eigenvalue weighted by Gasteiger charge is 2.37. The van der Waals surface area contributed by atoms with Crippen LogP contribution >= 0.6 is 0 Å². The molecule has 1 saturated carbocycles. The van der Waals surface area contributed by atoms with E-state index >= 15 is 0 Å². The minimum absolute atomic E-state index is 0.138. The first-order valence-electron chi connectivity index (χ1n) is 5.38. The third-order valence-corrected chi connectivity index (χ3v) is 3.07. The molecule has 1 unspecified atom stereocenters. The molecule has 0 saturated heterocycles. The SMILES string of the molecule is COC1(CNC(C)C(=O)NC(N)=O)CCC1. The third kappa shape index (κ3) is 3.18. The lowest BCUT2D eigenvalue weighted by molar-refractivity contribution is -0.122. The Balaban J connectivity index is 2.31. The van der Waals surface area contributed by atoms with Crippen LogP contribution in [-0.4, -0.2) is 37.2 Å². The Hall–Kier alpha value is -1.14. The minimum atomic E-state index is -0.830. The molecule has 4 N–H and O–H groups in total. The minimum Gasteiger partial charge on any atom is -0.377 e. The lowest BCUT2D eigenvalue weighted by Crippen LogP contribution is -2.53. The summed E-state index contributed by atoms with van der Waals surface area (Å²) in [6, 6.07) is -1.29. The maximum atomic E-state index is 11.3. The van der Waals surface area contributed by atoms with Gasteiger partial charge in [-0.2, -0.15) is 0 Å². The topological polar surface area (TPSA) is 93.4 Å². The third-order valence-electron chi connectivity index (χ3n) is 3.07. The van der Waals surface area contributed by atoms with Crippen molar-refractivity contribution in [3.63, 3.8) is 0 Å². The van der Waals surface area contributed by atoms with E-state index in [-0.39, 0.29) is 5.60 Å². The summed E-state index contributed by atoms with van der Waals surface area (Å²) in [5.41, 5.74) is 4.72. The van der Waals surface area contributed by atoms with Crippen molar-refractivity contribution in [1.29, 1.82) is 0 Å². The van der Waals surface area contributed by atoms with Gasteiger partial charge >= 0.3 is 6.03 Å². The quantitative estimate of drug-likeness (QED) is 0.605. The molecule has 6 nitrogen and oxygen atoms in total. The molecule has 0 aromatic heterocycles. The van der Waals surface area contributed by atoms with Gasteiger partial charge < -0.3 is 15.8 Å². The number of primary amides is 1. The molecule has 1 atom stereocenters. The first kappa shape index (κ1) is 12.9. The molecule has 1 fully saturated rings. The van der Waals surface area contributed by atoms with Gasteiger partial charge in [-0.15, -0.1) is 0 Å². The predicted octanol–water partition coefficient (Wildman–Crippen LogP) is -0.271. The second-order valence-corrected chi connectivity index (χ2v) is 4.20. The lowest BCUT2D eigenvalue weighted by atomic mass is 9.80. The second-order valence-electron chi connectivity index (χ2n) is 4.20. The van der Waals surface area contributed by atoms with Crippen molar-refractivity contribution in [3.8, 4) is 0 Å². The number of carbonyl (C=O) groups is 2. The van der Waals surface area contributed by atoms with Crippen LogP contribution < -0.4 is 16.4 Å². The lowest BCUT2D eigenvalue weighted by Gasteiger charge is -2.41. The number of rotatable bonds is 5. The van der Waals surface area contributed by atoms with Crippen molar-refractivity contribution in [3.05, 3.63) is 0 Å². The van der Waals surface area contributed by atoms with Crippen LogP contribution in [0.4, 0.5) is 4.79 Å². The Morgan fingerprint density at radius 1 is 1.50 bits per heavy atom. The van der Waals surface area contributed by atoms with Crippen molar-refractivity contribution < 1.29 is 14.3 Å². The Kier molecular flexibility index (Phi) is 4.26. The highest BCUT2D eigenvalue weighted by atomic mass is 16.5. The van der Waals surface area contributed by atoms with E-state index in [0.717, 1.165) is 19.3 Å². The number of carbonyl (C=O) groups excluding carboxylic acids is 2. The molecule has 0 aliphatic heterocycles. The zero-order valence-corrected chi connectivity index (χ0v) is 9.71. The van der Waals surface area contributed by atoms with E-state index in [1.807, 2.05) is 5.32 Å². The van der Waals surface area contributed by atoms with Gasteiger partial charge in [0.05, 0.1) is 11.6 Å². The second kappa shape index (κ2) is 5.27. The zero-order valence-electron chi connectivity index (χ0n) is 9.71. The molecular formula is C10H19N3O3. The molecule has 16 heavy (non-hydrogen) atoms. The monoisotopic (exact) mass is 229 g/mol. The summed E-state index contributed by atoms with van der Waals surface area (Å²) in [4.78, 5) is 21.8. The van der Waals surface area contributed by atoms with Crippen LogP contribution in [0, 0.1) is 0 Å². The van der Waals surface area contributed by atoms with Crippen LogP contribution in [0.3, 0.4) is 0 Å². The van der Waals surface area contributed by atoms with Gasteiger partial charge in [-0.1, -0.05) is 0 Å². The van der Waals surface area contributed by atoms with E-state index in [4.69, 9.17) is 10.5 Å². The Morgan fingerprint density at radius 2 is 2.12 bits per heavy atom. The predicted molar refractivity (Wildman–Crippen MR) is 58.8 cm³/mol. The van der Waals surface area contributed by atoms with E-state index < -0.39 is 18.0 Å². The number of urea groups is 1. The van der Waals surface area contributed by atoms with Crippen molar-refractivity contribution in [1.82, 2.24) is 10.6 Å². The summed E-state index contributed by atoms with van der Waals surface area (Å²) < 4.78 is 5.40. The normalized spacial score (nSPS) is 19.6. The molecule has 0 spiro atoms. The number of nitrogens with two attached hydrogens (primary N) is 1. The number of imide groups is 1. The molecule has 1 aliphatic carbocycles. The highest BCUT2D eigenvalue weighted by molar-refractivity contribution is 5.96. The summed E-state index contributed by atoms with van der Waals surface area (Å²) in [6.45, 7) is 2.29. The van der Waals surface area contributed by atoms with Gasteiger partial charge in [0.1, 0.15) is 0 Å². The zero-order chi connectivity index (χ0) is 12.2. The van der Waals surface area contributed by atoms with E-state index in [1.165, 1.54) is 0 Å². The van der Waals surface area contributed by atoms with Crippen LogP contribution in [0.1, 0.15) is 26.2 Å². The number of ether oxygens (including phenoxy) is 1. The van der Waals surface area contributed by atoms with E-state index in [1.54, 1.807) is 14.0 Å². The molecule has 1 rings (SSSR count). The van der Waals surface area contributed by atoms with Crippen LogP contribution in [0.25, 0.3) is 0 Å². The molecular weight excluding hydrogens is 210 g/mol. The van der Waals surface area contributed by atoms with Gasteiger partial charge in [-0.25, -0.2) is 4.79 Å². The van der Waals surface area contributed by atoms with Crippen LogP contribution in [0.2, 0.25) is 0 Å². The smallest absolute Gasteiger partial charge is 0.318 e. The van der Waals surface area contributed by atoms with Gasteiger partial charge in [0.15, 0.2) is 0 Å². The van der Waals surface area contributed by atoms with Gasteiger partial charge in [-0.05, 0) is 26.2 Å². The molecule has 0 bridgehead atoms. The van der Waals surface area contributed by atoms with Gasteiger partial charge in [0, 0.05) is 13.7 Å². The Morgan fingerprint density at radius 3 is 2.50 bits per heavy atom. The van der Waals surface area contributed by atoms with Crippen molar-refractivity contribution in [2.75, 3.05) is 13.7 Å². The number of hydrogen-bond acceptors (Lipinski definition) is 4. The first-order valence-corrected chi connectivity index (χ1v) is 5.38. The molecule has 6 heteroatoms. The first-order chi connectivity index (χ1) is 7.49. The Labute approximate surface area is 94.9 Å². The fourth-order valence-corrected chi connectivity index (χ4v) is 1.69. The number of methoxy groups -OCH3 is 1. The maximum absolute atomic E-state index is 11.3. The van der Waals surface area contributed by atoms with Crippen LogP contribution in [0.15, 0.2) is 0 Å². The van der Waals surface area contributed by atoms with E-state index in [2.05, 4.69) is 5.32 Å². The number of nitrogens with one attached hydrogen (secondary N) is 2. The summed E-state index contributed by atoms with van der Waals surface area (Å²) in [6.07, 6.45) is 3.15. The van der Waals surface area contributed by atoms with E-state index in [0.29, 0.717) is 6.54 Å². The van der Waals surface area contributed by atoms with Crippen LogP contribution in [-0.2, 0) is 9.53 Å². The van der Waals surface area contributed by atoms with Crippen LogP contribution in [0.5, 0.6) is 0 Å². The molecule has 1 aliphatic rings. The fraction of sp³-hybridized carbons (Fsp3) is 0.800. The van der Waals surface area contributed by atoms with Gasteiger partial charge in [0.25, 0.3) is 0 Å². The number of amides is 3. The van der Waals surface area contributed by atoms with E-state index in [9.17, 15) is 9.59 Å². The van der Waals surface area contributed by atoms with Crippen molar-refractivity contribution >= 4 is 11.9 Å². The van der Waals surface area contributed by atoms with Crippen molar-refractivity contribution in [2.24, 2.45) is 5.73 Å². The maximum Gasteiger partial charge on any atom is 0.318 e. The average molecular weight is 229 g/mol. The molecule has 0 aromatic rings. The molecule has 0 radical (unpaired) electrons. The van der Waals surface area contributed by atoms with Gasteiger partial charge in [-0.3, -0.25) is 10.1 Å². The molecule has 0 heterocycles. The van der Waals surface area contributed by atoms with Crippen molar-refractivity contribution in [2.45, 2.75) is 37.8 Å². The standard InChI is InChI=1S/C10H19N3O3/c1-7(8(14)13-9(11)15)12-6-10(16-2)4-3-5-10/h7,12H,3-6H2,1-2H3,(H3,11,13,14,15). The molecule has 0 aromatic carbocycles. The number of hydrogen-bond donors (Lipinski definition) is 3. The average Bonchev–Trinajstić information content (AvgIpc) is 2.15. The summed E-state index contributed by atoms with van der Waals surface area (Å²) in [5, 5.41) is 5.07. The largest absolute Gasteiger partial charge is 0.377 e. The Bertz CT molecular complexity index is 271. The molecule has 3 amide bonds. The summed E-state index contributed by atoms with van der Waals surface area (Å²) >= 11 is 0. The summed E-state index contributed by atoms with van der Waals surface area (Å²) in [7, 11) is 1.68.